The van der Waals surface area contributed by atoms with E-state index in [4.69, 9.17) is 14.9 Å². The Morgan fingerprint density at radius 3 is 2.26 bits per heavy atom. The third kappa shape index (κ3) is 6.64. The molecule has 2 saturated heterocycles. The van der Waals surface area contributed by atoms with E-state index in [-0.39, 0.29) is 30.5 Å². The van der Waals surface area contributed by atoms with E-state index in [0.717, 1.165) is 12.0 Å². The van der Waals surface area contributed by atoms with Crippen LogP contribution in [0.4, 0.5) is 0 Å². The highest BCUT2D eigenvalue weighted by atomic mass is 32.2. The maximum atomic E-state index is 13.6. The minimum Gasteiger partial charge on any atom is -0.458 e. The molecule has 1 atom stereocenters. The zero-order valence-electron chi connectivity index (χ0n) is 21.4. The number of nitrogens with zero attached hydrogens (tertiary/aromatic N) is 2. The number of thioether (sulfide) groups is 1. The number of carbonyl (C=O) groups excluding carboxylic acids is 3. The number of piperidine rings is 1. The number of nitrogens with one attached hydrogen (secondary N) is 1. The molecule has 2 fully saturated rings. The lowest BCUT2D eigenvalue weighted by molar-refractivity contribution is -0.164. The minimum absolute atomic E-state index is 0.0327. The lowest BCUT2D eigenvalue weighted by Gasteiger charge is -2.40. The largest absolute Gasteiger partial charge is 0.458 e. The van der Waals surface area contributed by atoms with E-state index >= 15 is 0 Å². The van der Waals surface area contributed by atoms with Gasteiger partial charge in [-0.1, -0.05) is 12.1 Å². The van der Waals surface area contributed by atoms with Crippen molar-refractivity contribution in [2.24, 2.45) is 0 Å². The third-order valence-electron chi connectivity index (χ3n) is 6.53. The number of hydrogen-bond donors (Lipinski definition) is 1. The Labute approximate surface area is 212 Å². The third-order valence-corrected chi connectivity index (χ3v) is 7.18. The smallest absolute Gasteiger partial charge is 0.332 e. The van der Waals surface area contributed by atoms with Gasteiger partial charge in [-0.05, 0) is 71.8 Å². The first-order chi connectivity index (χ1) is 16.4. The zero-order chi connectivity index (χ0) is 25.8. The number of hydrogen-bond acceptors (Lipinski definition) is 7. The van der Waals surface area contributed by atoms with Crippen LogP contribution in [0.25, 0.3) is 0 Å². The molecule has 0 aromatic heterocycles. The number of esters is 1. The van der Waals surface area contributed by atoms with Gasteiger partial charge in [-0.2, -0.15) is 0 Å². The van der Waals surface area contributed by atoms with Crippen molar-refractivity contribution >= 4 is 34.6 Å². The molecule has 9 heteroatoms. The zero-order valence-corrected chi connectivity index (χ0v) is 22.2. The van der Waals surface area contributed by atoms with Crippen LogP contribution >= 0.6 is 11.8 Å². The van der Waals surface area contributed by atoms with Crippen molar-refractivity contribution in [2.75, 3.05) is 32.5 Å². The van der Waals surface area contributed by atoms with Crippen LogP contribution in [0.3, 0.4) is 0 Å². The summed E-state index contributed by atoms with van der Waals surface area (Å²) in [6, 6.07) is 7.03. The topological polar surface area (TPSA) is 100 Å². The Hall–Kier alpha value is -2.39. The molecule has 3 rings (SSSR count). The van der Waals surface area contributed by atoms with E-state index in [1.807, 2.05) is 38.9 Å². The second kappa shape index (κ2) is 11.1. The van der Waals surface area contributed by atoms with Crippen molar-refractivity contribution in [1.29, 1.82) is 5.41 Å². The highest BCUT2D eigenvalue weighted by Gasteiger charge is 2.48. The highest BCUT2D eigenvalue weighted by Crippen LogP contribution is 2.33. The Morgan fingerprint density at radius 1 is 1.09 bits per heavy atom. The summed E-state index contributed by atoms with van der Waals surface area (Å²) in [4.78, 5) is 42.3. The molecule has 0 aliphatic carbocycles. The lowest BCUT2D eigenvalue weighted by Crippen LogP contribution is -2.58. The molecule has 1 aromatic carbocycles. The van der Waals surface area contributed by atoms with E-state index < -0.39 is 11.1 Å². The van der Waals surface area contributed by atoms with Crippen molar-refractivity contribution in [3.8, 4) is 0 Å². The van der Waals surface area contributed by atoms with Gasteiger partial charge in [-0.3, -0.25) is 15.0 Å². The van der Waals surface area contributed by atoms with E-state index in [0.29, 0.717) is 49.5 Å². The number of carbonyl (C=O) groups is 3. The molecule has 2 aliphatic heterocycles. The summed E-state index contributed by atoms with van der Waals surface area (Å²) in [6.45, 7) is 8.83. The summed E-state index contributed by atoms with van der Waals surface area (Å²) in [7, 11) is 0. The van der Waals surface area contributed by atoms with Crippen molar-refractivity contribution in [2.45, 2.75) is 70.6 Å². The van der Waals surface area contributed by atoms with E-state index in [1.165, 1.54) is 11.8 Å². The van der Waals surface area contributed by atoms with Gasteiger partial charge in [0, 0.05) is 30.8 Å². The van der Waals surface area contributed by atoms with Crippen LogP contribution in [0, 0.1) is 5.41 Å². The number of rotatable bonds is 6. The molecule has 2 aliphatic rings. The van der Waals surface area contributed by atoms with E-state index in [9.17, 15) is 14.4 Å². The first-order valence-corrected chi connectivity index (χ1v) is 13.3. The average Bonchev–Trinajstić information content (AvgIpc) is 3.23. The first-order valence-electron chi connectivity index (χ1n) is 12.1. The van der Waals surface area contributed by atoms with Gasteiger partial charge < -0.3 is 19.3 Å². The van der Waals surface area contributed by atoms with Gasteiger partial charge >= 0.3 is 5.97 Å². The fourth-order valence-corrected chi connectivity index (χ4v) is 5.04. The molecule has 0 unspecified atom stereocenters. The second-order valence-electron chi connectivity index (χ2n) is 10.3. The molecule has 8 nitrogen and oxygen atoms in total. The quantitative estimate of drug-likeness (QED) is 0.361. The van der Waals surface area contributed by atoms with Crippen molar-refractivity contribution in [3.05, 3.63) is 35.4 Å². The SMILES string of the molecule is CSC(=N)c1ccc(C(=O)N2CCC[C@@]2(C)C(=O)N2CCC(OCC(=O)OC(C)(C)C)CC2)cc1. The molecule has 2 heterocycles. The normalized spacial score (nSPS) is 21.2. The number of amides is 2. The standard InChI is InChI=1S/C26H37N3O5S/c1-25(2,3)34-21(30)17-33-20-11-15-28(16-12-20)24(32)26(4)13-6-14-29(26)23(31)19-9-7-18(8-10-19)22(27)35-5/h7-10,20,27H,6,11-17H2,1-5H3/t26-/m0/s1. The first kappa shape index (κ1) is 27.2. The highest BCUT2D eigenvalue weighted by molar-refractivity contribution is 8.13. The van der Waals surface area contributed by atoms with E-state index in [2.05, 4.69) is 0 Å². The summed E-state index contributed by atoms with van der Waals surface area (Å²) in [5.41, 5.74) is -0.133. The van der Waals surface area contributed by atoms with E-state index in [1.54, 1.807) is 29.2 Å². The molecule has 35 heavy (non-hydrogen) atoms. The Kier molecular flexibility index (Phi) is 8.64. The molecular weight excluding hydrogens is 466 g/mol. The summed E-state index contributed by atoms with van der Waals surface area (Å²) >= 11 is 1.35. The van der Waals surface area contributed by atoms with Crippen molar-refractivity contribution in [3.63, 3.8) is 0 Å². The average molecular weight is 504 g/mol. The maximum absolute atomic E-state index is 13.6. The van der Waals surface area contributed by atoms with Crippen LogP contribution in [-0.4, -0.2) is 82.4 Å². The Balaban J connectivity index is 1.58. The molecular formula is C26H37N3O5S. The van der Waals surface area contributed by atoms with Crippen LogP contribution in [0.15, 0.2) is 24.3 Å². The predicted molar refractivity (Wildman–Crippen MR) is 137 cm³/mol. The molecule has 0 bridgehead atoms. The van der Waals surface area contributed by atoms with Crippen LogP contribution in [-0.2, 0) is 19.1 Å². The number of ether oxygens (including phenoxy) is 2. The molecule has 0 radical (unpaired) electrons. The summed E-state index contributed by atoms with van der Waals surface area (Å²) in [5.74, 6) is -0.576. The van der Waals surface area contributed by atoms with Gasteiger partial charge in [0.05, 0.1) is 11.1 Å². The number of likely N-dealkylation sites (tertiary alicyclic amines) is 2. The summed E-state index contributed by atoms with van der Waals surface area (Å²) in [6.07, 6.45) is 4.43. The molecule has 0 spiro atoms. The monoisotopic (exact) mass is 503 g/mol. The number of benzene rings is 1. The van der Waals surface area contributed by atoms with Crippen LogP contribution in [0.5, 0.6) is 0 Å². The second-order valence-corrected chi connectivity index (χ2v) is 11.2. The van der Waals surface area contributed by atoms with Gasteiger partial charge in [0.15, 0.2) is 0 Å². The molecule has 192 valence electrons. The van der Waals surface area contributed by atoms with Gasteiger partial charge in [-0.25, -0.2) is 4.79 Å². The predicted octanol–water partition coefficient (Wildman–Crippen LogP) is 3.72. The lowest BCUT2D eigenvalue weighted by atomic mass is 9.94. The van der Waals surface area contributed by atoms with Crippen LogP contribution < -0.4 is 0 Å². The van der Waals surface area contributed by atoms with Gasteiger partial charge in [0.2, 0.25) is 5.91 Å². The fraction of sp³-hybridized carbons (Fsp3) is 0.615. The molecule has 2 amide bonds. The summed E-state index contributed by atoms with van der Waals surface area (Å²) < 4.78 is 11.0. The van der Waals surface area contributed by atoms with Crippen molar-refractivity contribution in [1.82, 2.24) is 9.80 Å². The van der Waals surface area contributed by atoms with Crippen molar-refractivity contribution < 1.29 is 23.9 Å². The molecule has 1 N–H and O–H groups in total. The van der Waals surface area contributed by atoms with Crippen LogP contribution in [0.2, 0.25) is 0 Å². The van der Waals surface area contributed by atoms with Gasteiger partial charge in [0.1, 0.15) is 17.7 Å². The summed E-state index contributed by atoms with van der Waals surface area (Å²) in [5, 5.41) is 8.39. The maximum Gasteiger partial charge on any atom is 0.332 e. The van der Waals surface area contributed by atoms with Gasteiger partial charge in [0.25, 0.3) is 5.91 Å². The fourth-order valence-electron chi connectivity index (χ4n) is 4.67. The molecule has 1 aromatic rings. The Morgan fingerprint density at radius 2 is 1.69 bits per heavy atom. The minimum atomic E-state index is -0.883. The Bertz CT molecular complexity index is 951. The van der Waals surface area contributed by atoms with Gasteiger partial charge in [-0.15, -0.1) is 11.8 Å². The van der Waals surface area contributed by atoms with Crippen LogP contribution in [0.1, 0.15) is 69.3 Å². The molecule has 0 saturated carbocycles.